The van der Waals surface area contributed by atoms with E-state index < -0.39 is 12.0 Å². The highest BCUT2D eigenvalue weighted by Gasteiger charge is 2.14. The maximum Gasteiger partial charge on any atom is 0.323 e. The van der Waals surface area contributed by atoms with E-state index in [0.29, 0.717) is 13.0 Å². The number of benzene rings is 1. The minimum Gasteiger partial charge on any atom is -0.497 e. The SMILES string of the molecule is COCCC(N)C(=O)OCc1ccc(OC)cc1. The highest BCUT2D eigenvalue weighted by Crippen LogP contribution is 2.12. The third-order valence-electron chi connectivity index (χ3n) is 2.48. The lowest BCUT2D eigenvalue weighted by molar-refractivity contribution is -0.147. The number of hydrogen-bond donors (Lipinski definition) is 1. The Morgan fingerprint density at radius 2 is 1.94 bits per heavy atom. The first-order valence-corrected chi connectivity index (χ1v) is 5.71. The van der Waals surface area contributed by atoms with Gasteiger partial charge in [0.05, 0.1) is 7.11 Å². The Morgan fingerprint density at radius 3 is 2.50 bits per heavy atom. The van der Waals surface area contributed by atoms with Crippen molar-refractivity contribution < 1.29 is 19.0 Å². The van der Waals surface area contributed by atoms with Gasteiger partial charge in [-0.05, 0) is 24.1 Å². The Hall–Kier alpha value is -1.59. The summed E-state index contributed by atoms with van der Waals surface area (Å²) in [5.41, 5.74) is 6.53. The van der Waals surface area contributed by atoms with Crippen LogP contribution in [0.1, 0.15) is 12.0 Å². The number of carbonyl (C=O) groups excluding carboxylic acids is 1. The molecule has 1 unspecified atom stereocenters. The van der Waals surface area contributed by atoms with Gasteiger partial charge in [0.25, 0.3) is 0 Å². The average Bonchev–Trinajstić information content (AvgIpc) is 2.42. The van der Waals surface area contributed by atoms with Crippen molar-refractivity contribution in [1.82, 2.24) is 0 Å². The number of methoxy groups -OCH3 is 2. The molecule has 0 aliphatic carbocycles. The molecule has 0 amide bonds. The fourth-order valence-corrected chi connectivity index (χ4v) is 1.35. The smallest absolute Gasteiger partial charge is 0.323 e. The molecule has 100 valence electrons. The number of esters is 1. The van der Waals surface area contributed by atoms with Gasteiger partial charge in [-0.15, -0.1) is 0 Å². The van der Waals surface area contributed by atoms with Gasteiger partial charge in [0.1, 0.15) is 18.4 Å². The van der Waals surface area contributed by atoms with Crippen molar-refractivity contribution in [3.05, 3.63) is 29.8 Å². The van der Waals surface area contributed by atoms with Gasteiger partial charge in [-0.3, -0.25) is 4.79 Å². The summed E-state index contributed by atoms with van der Waals surface area (Å²) in [5, 5.41) is 0. The van der Waals surface area contributed by atoms with Crippen molar-refractivity contribution in [2.45, 2.75) is 19.1 Å². The summed E-state index contributed by atoms with van der Waals surface area (Å²) < 4.78 is 15.0. The number of hydrogen-bond acceptors (Lipinski definition) is 5. The second kappa shape index (κ2) is 7.68. The van der Waals surface area contributed by atoms with Crippen molar-refractivity contribution in [2.75, 3.05) is 20.8 Å². The van der Waals surface area contributed by atoms with Gasteiger partial charge in [0, 0.05) is 13.7 Å². The molecule has 0 radical (unpaired) electrons. The van der Waals surface area contributed by atoms with Crippen LogP contribution in [0.2, 0.25) is 0 Å². The molecule has 2 N–H and O–H groups in total. The van der Waals surface area contributed by atoms with Crippen LogP contribution in [0.4, 0.5) is 0 Å². The normalized spacial score (nSPS) is 11.9. The van der Waals surface area contributed by atoms with Crippen molar-refractivity contribution in [1.29, 1.82) is 0 Å². The third kappa shape index (κ3) is 4.73. The number of rotatable bonds is 7. The second-order valence-corrected chi connectivity index (χ2v) is 3.84. The zero-order valence-corrected chi connectivity index (χ0v) is 10.7. The number of ether oxygens (including phenoxy) is 3. The molecule has 0 spiro atoms. The van der Waals surface area contributed by atoms with Crippen LogP contribution < -0.4 is 10.5 Å². The van der Waals surface area contributed by atoms with Crippen molar-refractivity contribution in [2.24, 2.45) is 5.73 Å². The summed E-state index contributed by atoms with van der Waals surface area (Å²) in [6.45, 7) is 0.655. The van der Waals surface area contributed by atoms with Gasteiger partial charge in [-0.1, -0.05) is 12.1 Å². The predicted octanol–water partition coefficient (Wildman–Crippen LogP) is 1.10. The molecule has 1 aromatic rings. The maximum atomic E-state index is 11.5. The van der Waals surface area contributed by atoms with Crippen molar-refractivity contribution >= 4 is 5.97 Å². The van der Waals surface area contributed by atoms with Gasteiger partial charge in [-0.25, -0.2) is 0 Å². The van der Waals surface area contributed by atoms with Crippen LogP contribution in [-0.2, 0) is 20.9 Å². The molecule has 5 heteroatoms. The van der Waals surface area contributed by atoms with E-state index in [4.69, 9.17) is 19.9 Å². The monoisotopic (exact) mass is 253 g/mol. The van der Waals surface area contributed by atoms with E-state index in [-0.39, 0.29) is 6.61 Å². The molecule has 0 aliphatic heterocycles. The number of carbonyl (C=O) groups is 1. The molecule has 0 fully saturated rings. The minimum absolute atomic E-state index is 0.212. The lowest BCUT2D eigenvalue weighted by Gasteiger charge is -2.11. The molecular weight excluding hydrogens is 234 g/mol. The molecule has 18 heavy (non-hydrogen) atoms. The summed E-state index contributed by atoms with van der Waals surface area (Å²) in [6.07, 6.45) is 0.456. The van der Waals surface area contributed by atoms with Crippen LogP contribution in [0.15, 0.2) is 24.3 Å². The first-order valence-electron chi connectivity index (χ1n) is 5.71. The Bertz CT molecular complexity index is 364. The van der Waals surface area contributed by atoms with Gasteiger partial charge in [-0.2, -0.15) is 0 Å². The molecule has 0 saturated heterocycles. The quantitative estimate of drug-likeness (QED) is 0.737. The molecule has 1 aromatic carbocycles. The standard InChI is InChI=1S/C13H19NO4/c1-16-8-7-12(14)13(15)18-9-10-3-5-11(17-2)6-4-10/h3-6,12H,7-9,14H2,1-2H3. The Morgan fingerprint density at radius 1 is 1.28 bits per heavy atom. The highest BCUT2D eigenvalue weighted by molar-refractivity contribution is 5.75. The summed E-state index contributed by atoms with van der Waals surface area (Å²) in [5.74, 6) is 0.352. The summed E-state index contributed by atoms with van der Waals surface area (Å²) in [4.78, 5) is 11.5. The third-order valence-corrected chi connectivity index (χ3v) is 2.48. The van der Waals surface area contributed by atoms with Crippen molar-refractivity contribution in [3.63, 3.8) is 0 Å². The maximum absolute atomic E-state index is 11.5. The van der Waals surface area contributed by atoms with Gasteiger partial charge in [0.2, 0.25) is 0 Å². The Balaban J connectivity index is 2.37. The molecule has 1 rings (SSSR count). The molecule has 0 heterocycles. The minimum atomic E-state index is -0.636. The molecule has 0 aromatic heterocycles. The lowest BCUT2D eigenvalue weighted by Crippen LogP contribution is -2.33. The van der Waals surface area contributed by atoms with Crippen LogP contribution in [0.5, 0.6) is 5.75 Å². The van der Waals surface area contributed by atoms with E-state index in [0.717, 1.165) is 11.3 Å². The first kappa shape index (κ1) is 14.5. The van der Waals surface area contributed by atoms with E-state index in [9.17, 15) is 4.79 Å². The molecule has 0 aliphatic rings. The van der Waals surface area contributed by atoms with Crippen LogP contribution in [0.25, 0.3) is 0 Å². The van der Waals surface area contributed by atoms with Gasteiger partial charge < -0.3 is 19.9 Å². The summed E-state index contributed by atoms with van der Waals surface area (Å²) in [7, 11) is 3.17. The topological polar surface area (TPSA) is 70.8 Å². The average molecular weight is 253 g/mol. The molecular formula is C13H19NO4. The highest BCUT2D eigenvalue weighted by atomic mass is 16.5. The summed E-state index contributed by atoms with van der Waals surface area (Å²) in [6, 6.07) is 6.67. The van der Waals surface area contributed by atoms with E-state index in [1.165, 1.54) is 0 Å². The van der Waals surface area contributed by atoms with Crippen LogP contribution in [0.3, 0.4) is 0 Å². The van der Waals surface area contributed by atoms with Crippen molar-refractivity contribution in [3.8, 4) is 5.75 Å². The van der Waals surface area contributed by atoms with Gasteiger partial charge in [0.15, 0.2) is 0 Å². The van der Waals surface area contributed by atoms with Crippen LogP contribution in [-0.4, -0.2) is 32.8 Å². The Labute approximate surface area is 107 Å². The fourth-order valence-electron chi connectivity index (χ4n) is 1.35. The van der Waals surface area contributed by atoms with E-state index in [1.807, 2.05) is 24.3 Å². The molecule has 5 nitrogen and oxygen atoms in total. The number of nitrogens with two attached hydrogens (primary N) is 1. The van der Waals surface area contributed by atoms with E-state index >= 15 is 0 Å². The fraction of sp³-hybridized carbons (Fsp3) is 0.462. The second-order valence-electron chi connectivity index (χ2n) is 3.84. The predicted molar refractivity (Wildman–Crippen MR) is 67.3 cm³/mol. The Kier molecular flexibility index (Phi) is 6.18. The summed E-state index contributed by atoms with van der Waals surface area (Å²) >= 11 is 0. The molecule has 1 atom stereocenters. The zero-order chi connectivity index (χ0) is 13.4. The largest absolute Gasteiger partial charge is 0.497 e. The molecule has 0 bridgehead atoms. The van der Waals surface area contributed by atoms with Gasteiger partial charge >= 0.3 is 5.97 Å². The van der Waals surface area contributed by atoms with Crippen LogP contribution >= 0.6 is 0 Å². The zero-order valence-electron chi connectivity index (χ0n) is 10.7. The first-order chi connectivity index (χ1) is 8.67. The van der Waals surface area contributed by atoms with E-state index in [2.05, 4.69) is 0 Å². The van der Waals surface area contributed by atoms with E-state index in [1.54, 1.807) is 14.2 Å². The molecule has 0 saturated carbocycles. The lowest BCUT2D eigenvalue weighted by atomic mass is 10.2. The van der Waals surface area contributed by atoms with Crippen LogP contribution in [0, 0.1) is 0 Å².